The second-order valence-electron chi connectivity index (χ2n) is 3.65. The highest BCUT2D eigenvalue weighted by Gasteiger charge is 2.27. The number of carbonyl (C=O) groups is 1. The molecule has 7 heteroatoms. The van der Waals surface area contributed by atoms with Crippen molar-refractivity contribution in [3.63, 3.8) is 0 Å². The number of halogens is 3. The lowest BCUT2D eigenvalue weighted by Crippen LogP contribution is -2.49. The monoisotopic (exact) mass is 228 g/mol. The fourth-order valence-electron chi connectivity index (χ4n) is 0.652. The highest BCUT2D eigenvalue weighted by Crippen LogP contribution is 2.13. The summed E-state index contributed by atoms with van der Waals surface area (Å²) in [6, 6.07) is 0. The van der Waals surface area contributed by atoms with Gasteiger partial charge in [-0.05, 0) is 13.8 Å². The van der Waals surface area contributed by atoms with Crippen molar-refractivity contribution >= 4 is 5.91 Å². The SMILES string of the molecule is CC(C)(N)C(=O)NCCOCC(F)(F)F. The number of hydrogen-bond acceptors (Lipinski definition) is 3. The number of ether oxygens (including phenoxy) is 1. The summed E-state index contributed by atoms with van der Waals surface area (Å²) in [5.41, 5.74) is 4.39. The van der Waals surface area contributed by atoms with E-state index in [-0.39, 0.29) is 13.2 Å². The zero-order valence-corrected chi connectivity index (χ0v) is 8.65. The molecule has 1 amide bonds. The third-order valence-corrected chi connectivity index (χ3v) is 1.38. The van der Waals surface area contributed by atoms with Crippen molar-refractivity contribution in [3.8, 4) is 0 Å². The molecule has 90 valence electrons. The number of carbonyl (C=O) groups excluding carboxylic acids is 1. The normalized spacial score (nSPS) is 12.7. The van der Waals surface area contributed by atoms with Crippen molar-refractivity contribution in [3.05, 3.63) is 0 Å². The molecule has 3 N–H and O–H groups in total. The molecule has 0 heterocycles. The molecular formula is C8H15F3N2O2. The van der Waals surface area contributed by atoms with E-state index in [9.17, 15) is 18.0 Å². The van der Waals surface area contributed by atoms with Crippen LogP contribution in [0.3, 0.4) is 0 Å². The number of hydrogen-bond donors (Lipinski definition) is 2. The summed E-state index contributed by atoms with van der Waals surface area (Å²) in [6.45, 7) is 1.50. The minimum atomic E-state index is -4.34. The molecule has 0 aliphatic carbocycles. The topological polar surface area (TPSA) is 64.4 Å². The Balaban J connectivity index is 3.53. The highest BCUT2D eigenvalue weighted by molar-refractivity contribution is 5.84. The van der Waals surface area contributed by atoms with Gasteiger partial charge in [-0.15, -0.1) is 0 Å². The van der Waals surface area contributed by atoms with Crippen LogP contribution in [0.5, 0.6) is 0 Å². The van der Waals surface area contributed by atoms with Gasteiger partial charge < -0.3 is 15.8 Å². The first-order valence-electron chi connectivity index (χ1n) is 4.34. The summed E-state index contributed by atoms with van der Waals surface area (Å²) >= 11 is 0. The number of rotatable bonds is 5. The first kappa shape index (κ1) is 14.2. The maximum Gasteiger partial charge on any atom is 0.411 e. The average molecular weight is 228 g/mol. The second kappa shape index (κ2) is 5.32. The molecule has 4 nitrogen and oxygen atoms in total. The number of nitrogens with one attached hydrogen (secondary N) is 1. The van der Waals surface area contributed by atoms with Crippen molar-refractivity contribution < 1.29 is 22.7 Å². The molecule has 0 aromatic rings. The van der Waals surface area contributed by atoms with E-state index in [0.717, 1.165) is 0 Å². The molecule has 15 heavy (non-hydrogen) atoms. The van der Waals surface area contributed by atoms with E-state index < -0.39 is 24.2 Å². The third-order valence-electron chi connectivity index (χ3n) is 1.38. The van der Waals surface area contributed by atoms with Crippen LogP contribution in [0.2, 0.25) is 0 Å². The zero-order valence-electron chi connectivity index (χ0n) is 8.65. The van der Waals surface area contributed by atoms with Gasteiger partial charge in [-0.1, -0.05) is 0 Å². The summed E-state index contributed by atoms with van der Waals surface area (Å²) in [5, 5.41) is 2.35. The van der Waals surface area contributed by atoms with Crippen LogP contribution < -0.4 is 11.1 Å². The zero-order chi connectivity index (χ0) is 12.1. The van der Waals surface area contributed by atoms with E-state index in [2.05, 4.69) is 10.1 Å². The predicted octanol–water partition coefficient (Wildman–Crippen LogP) is 0.419. The Labute approximate surface area is 86.0 Å². The minimum absolute atomic E-state index is 0.00947. The van der Waals surface area contributed by atoms with Crippen molar-refractivity contribution in [1.82, 2.24) is 5.32 Å². The smallest absolute Gasteiger partial charge is 0.370 e. The third kappa shape index (κ3) is 8.19. The Morgan fingerprint density at radius 2 is 1.93 bits per heavy atom. The van der Waals surface area contributed by atoms with Crippen molar-refractivity contribution in [2.24, 2.45) is 5.73 Å². The van der Waals surface area contributed by atoms with Gasteiger partial charge in [0.2, 0.25) is 5.91 Å². The molecule has 0 aliphatic heterocycles. The average Bonchev–Trinajstić information content (AvgIpc) is 1.99. The Kier molecular flexibility index (Phi) is 5.02. The van der Waals surface area contributed by atoms with Crippen LogP contribution in [0.25, 0.3) is 0 Å². The minimum Gasteiger partial charge on any atom is -0.370 e. The molecular weight excluding hydrogens is 213 g/mol. The van der Waals surface area contributed by atoms with Crippen molar-refractivity contribution in [1.29, 1.82) is 0 Å². The molecule has 0 aromatic heterocycles. The maximum absolute atomic E-state index is 11.6. The molecule has 0 spiro atoms. The van der Waals surface area contributed by atoms with Gasteiger partial charge in [-0.25, -0.2) is 0 Å². The summed E-state index contributed by atoms with van der Waals surface area (Å²) < 4.78 is 39.1. The molecule has 0 aromatic carbocycles. The van der Waals surface area contributed by atoms with Gasteiger partial charge in [0.1, 0.15) is 6.61 Å². The van der Waals surface area contributed by atoms with Gasteiger partial charge >= 0.3 is 6.18 Å². The molecule has 0 saturated heterocycles. The van der Waals surface area contributed by atoms with Crippen LogP contribution in [-0.2, 0) is 9.53 Å². The van der Waals surface area contributed by atoms with E-state index in [4.69, 9.17) is 5.73 Å². The fourth-order valence-corrected chi connectivity index (χ4v) is 0.652. The van der Waals surface area contributed by atoms with Gasteiger partial charge in [-0.3, -0.25) is 4.79 Å². The molecule has 0 bridgehead atoms. The fraction of sp³-hybridized carbons (Fsp3) is 0.875. The van der Waals surface area contributed by atoms with Crippen LogP contribution >= 0.6 is 0 Å². The van der Waals surface area contributed by atoms with Crippen LogP contribution in [0, 0.1) is 0 Å². The van der Waals surface area contributed by atoms with Crippen LogP contribution in [0.4, 0.5) is 13.2 Å². The number of amides is 1. The van der Waals surface area contributed by atoms with Gasteiger partial charge in [0.15, 0.2) is 0 Å². The van der Waals surface area contributed by atoms with E-state index in [1.807, 2.05) is 0 Å². The summed E-state index contributed by atoms with van der Waals surface area (Å²) in [5.74, 6) is -0.432. The lowest BCUT2D eigenvalue weighted by Gasteiger charge is -2.17. The van der Waals surface area contributed by atoms with Gasteiger partial charge in [0.05, 0.1) is 12.1 Å². The van der Waals surface area contributed by atoms with Gasteiger partial charge in [0.25, 0.3) is 0 Å². The lowest BCUT2D eigenvalue weighted by atomic mass is 10.1. The summed E-state index contributed by atoms with van der Waals surface area (Å²) in [7, 11) is 0. The Hall–Kier alpha value is -0.820. The highest BCUT2D eigenvalue weighted by atomic mass is 19.4. The Morgan fingerprint density at radius 1 is 1.40 bits per heavy atom. The maximum atomic E-state index is 11.6. The molecule has 0 atom stereocenters. The summed E-state index contributed by atoms with van der Waals surface area (Å²) in [6.07, 6.45) is -4.34. The van der Waals surface area contributed by atoms with Crippen LogP contribution in [0.15, 0.2) is 0 Å². The van der Waals surface area contributed by atoms with E-state index >= 15 is 0 Å². The second-order valence-corrected chi connectivity index (χ2v) is 3.65. The molecule has 0 aliphatic rings. The van der Waals surface area contributed by atoms with Gasteiger partial charge in [0, 0.05) is 6.54 Å². The standard InChI is InChI=1S/C8H15F3N2O2/c1-7(2,12)6(14)13-3-4-15-5-8(9,10)11/h3-5,12H2,1-2H3,(H,13,14). The summed E-state index contributed by atoms with van der Waals surface area (Å²) in [4.78, 5) is 11.1. The first-order valence-corrected chi connectivity index (χ1v) is 4.34. The number of alkyl halides is 3. The van der Waals surface area contributed by atoms with E-state index in [1.165, 1.54) is 13.8 Å². The molecule has 0 unspecified atom stereocenters. The lowest BCUT2D eigenvalue weighted by molar-refractivity contribution is -0.173. The van der Waals surface area contributed by atoms with Gasteiger partial charge in [-0.2, -0.15) is 13.2 Å². The van der Waals surface area contributed by atoms with Crippen LogP contribution in [-0.4, -0.2) is 37.4 Å². The van der Waals surface area contributed by atoms with Crippen LogP contribution in [0.1, 0.15) is 13.8 Å². The van der Waals surface area contributed by atoms with Crippen molar-refractivity contribution in [2.75, 3.05) is 19.8 Å². The largest absolute Gasteiger partial charge is 0.411 e. The molecule has 0 rings (SSSR count). The quantitative estimate of drug-likeness (QED) is 0.670. The van der Waals surface area contributed by atoms with E-state index in [0.29, 0.717) is 0 Å². The molecule has 0 radical (unpaired) electrons. The number of nitrogens with two attached hydrogens (primary N) is 1. The van der Waals surface area contributed by atoms with E-state index in [1.54, 1.807) is 0 Å². The predicted molar refractivity (Wildman–Crippen MR) is 48.2 cm³/mol. The first-order chi connectivity index (χ1) is 6.63. The van der Waals surface area contributed by atoms with Crippen molar-refractivity contribution in [2.45, 2.75) is 25.6 Å². The molecule has 0 saturated carbocycles. The Morgan fingerprint density at radius 3 is 2.33 bits per heavy atom. The molecule has 0 fully saturated rings. The Bertz CT molecular complexity index is 211.